The lowest BCUT2D eigenvalue weighted by Gasteiger charge is -2.34. The lowest BCUT2D eigenvalue weighted by atomic mass is 10.0. The van der Waals surface area contributed by atoms with Crippen molar-refractivity contribution >= 4 is 33.4 Å². The Morgan fingerprint density at radius 1 is 0.923 bits per heavy atom. The van der Waals surface area contributed by atoms with Crippen molar-refractivity contribution in [2.45, 2.75) is 57.1 Å². The van der Waals surface area contributed by atoms with Crippen LogP contribution in [-0.2, 0) is 32.6 Å². The molecule has 0 saturated heterocycles. The molecule has 0 aliphatic heterocycles. The van der Waals surface area contributed by atoms with Crippen LogP contribution in [0.25, 0.3) is 0 Å². The molecule has 0 bridgehead atoms. The average Bonchev–Trinajstić information content (AvgIpc) is 2.87. The fourth-order valence-corrected chi connectivity index (χ4v) is 5.39. The minimum atomic E-state index is -3.94. The molecule has 7 nitrogen and oxygen atoms in total. The van der Waals surface area contributed by atoms with Gasteiger partial charge < -0.3 is 10.2 Å². The highest BCUT2D eigenvalue weighted by Crippen LogP contribution is 2.22. The first kappa shape index (κ1) is 30.3. The Morgan fingerprint density at radius 3 is 2.10 bits per heavy atom. The van der Waals surface area contributed by atoms with E-state index in [-0.39, 0.29) is 23.8 Å². The van der Waals surface area contributed by atoms with Crippen LogP contribution in [0.4, 0.5) is 0 Å². The molecule has 3 aromatic carbocycles. The maximum atomic E-state index is 13.9. The van der Waals surface area contributed by atoms with Crippen LogP contribution in [0.15, 0.2) is 83.8 Å². The van der Waals surface area contributed by atoms with E-state index in [0.29, 0.717) is 10.6 Å². The average molecular weight is 570 g/mol. The third kappa shape index (κ3) is 8.39. The number of carbonyl (C=O) groups excluding carboxylic acids is 2. The summed E-state index contributed by atoms with van der Waals surface area (Å²) in [6.07, 6.45) is 0.243. The number of aryl methyl sites for hydroxylation is 1. The number of amides is 2. The van der Waals surface area contributed by atoms with Gasteiger partial charge in [0.25, 0.3) is 0 Å². The van der Waals surface area contributed by atoms with Crippen LogP contribution in [0.5, 0.6) is 0 Å². The van der Waals surface area contributed by atoms with Crippen molar-refractivity contribution in [1.29, 1.82) is 0 Å². The van der Waals surface area contributed by atoms with Gasteiger partial charge in [0.2, 0.25) is 21.8 Å². The molecule has 0 radical (unpaired) electrons. The lowest BCUT2D eigenvalue weighted by Crippen LogP contribution is -2.56. The van der Waals surface area contributed by atoms with E-state index in [1.54, 1.807) is 36.4 Å². The Kier molecular flexibility index (Phi) is 9.93. The maximum Gasteiger partial charge on any atom is 0.243 e. The summed E-state index contributed by atoms with van der Waals surface area (Å²) in [5.74, 6) is -0.853. The van der Waals surface area contributed by atoms with Gasteiger partial charge in [0, 0.05) is 30.6 Å². The number of nitrogens with one attached hydrogen (secondary N) is 1. The second kappa shape index (κ2) is 12.8. The Labute approximate surface area is 236 Å². The van der Waals surface area contributed by atoms with Gasteiger partial charge in [-0.2, -0.15) is 4.31 Å². The van der Waals surface area contributed by atoms with Gasteiger partial charge in [0.05, 0.1) is 11.4 Å². The molecule has 0 spiro atoms. The minimum absolute atomic E-state index is 0.0337. The fraction of sp³-hybridized carbons (Fsp3) is 0.333. The van der Waals surface area contributed by atoms with E-state index in [2.05, 4.69) is 5.32 Å². The summed E-state index contributed by atoms with van der Waals surface area (Å²) >= 11 is 6.45. The summed E-state index contributed by atoms with van der Waals surface area (Å²) in [7, 11) is -2.58. The molecule has 0 heterocycles. The van der Waals surface area contributed by atoms with Crippen molar-refractivity contribution in [1.82, 2.24) is 14.5 Å². The summed E-state index contributed by atoms with van der Waals surface area (Å²) in [6, 6.07) is 22.0. The highest BCUT2D eigenvalue weighted by molar-refractivity contribution is 7.89. The molecule has 3 aromatic rings. The predicted molar refractivity (Wildman–Crippen MR) is 155 cm³/mol. The molecular weight excluding hydrogens is 534 g/mol. The first-order chi connectivity index (χ1) is 18.3. The van der Waals surface area contributed by atoms with E-state index in [1.807, 2.05) is 58.0 Å². The summed E-state index contributed by atoms with van der Waals surface area (Å²) < 4.78 is 27.5. The van der Waals surface area contributed by atoms with Crippen LogP contribution in [0.1, 0.15) is 37.5 Å². The molecule has 1 unspecified atom stereocenters. The molecule has 0 aliphatic carbocycles. The molecule has 208 valence electrons. The predicted octanol–water partition coefficient (Wildman–Crippen LogP) is 4.82. The van der Waals surface area contributed by atoms with Crippen molar-refractivity contribution in [2.24, 2.45) is 0 Å². The number of rotatable bonds is 10. The highest BCUT2D eigenvalue weighted by atomic mass is 35.5. The van der Waals surface area contributed by atoms with Crippen molar-refractivity contribution in [3.8, 4) is 0 Å². The summed E-state index contributed by atoms with van der Waals surface area (Å²) in [6.45, 7) is 7.05. The van der Waals surface area contributed by atoms with Gasteiger partial charge in [-0.05, 0) is 57.0 Å². The van der Waals surface area contributed by atoms with Gasteiger partial charge in [0.15, 0.2) is 0 Å². The smallest absolute Gasteiger partial charge is 0.243 e. The molecule has 1 N–H and O–H groups in total. The van der Waals surface area contributed by atoms with Crippen molar-refractivity contribution in [2.75, 3.05) is 13.6 Å². The van der Waals surface area contributed by atoms with Crippen LogP contribution in [-0.4, -0.2) is 54.6 Å². The number of hydrogen-bond acceptors (Lipinski definition) is 4. The molecule has 39 heavy (non-hydrogen) atoms. The SMILES string of the molecule is Cc1ccc(S(=O)(=O)N(C)CC(=O)N(Cc2ccccc2Cl)C(Cc2ccccc2)C(=O)NC(C)(C)C)cc1. The Hall–Kier alpha value is -3.20. The van der Waals surface area contributed by atoms with Gasteiger partial charge in [-0.3, -0.25) is 9.59 Å². The quantitative estimate of drug-likeness (QED) is 0.379. The van der Waals surface area contributed by atoms with Gasteiger partial charge in [-0.15, -0.1) is 0 Å². The Balaban J connectivity index is 2.00. The first-order valence-corrected chi connectivity index (χ1v) is 14.5. The third-order valence-corrected chi connectivity index (χ3v) is 8.34. The van der Waals surface area contributed by atoms with E-state index in [1.165, 1.54) is 24.1 Å². The number of sulfonamides is 1. The van der Waals surface area contributed by atoms with Gasteiger partial charge >= 0.3 is 0 Å². The molecule has 0 aliphatic rings. The van der Waals surface area contributed by atoms with E-state index in [4.69, 9.17) is 11.6 Å². The van der Waals surface area contributed by atoms with Crippen LogP contribution in [0.3, 0.4) is 0 Å². The number of hydrogen-bond donors (Lipinski definition) is 1. The molecule has 3 rings (SSSR count). The molecule has 0 aromatic heterocycles. The molecule has 9 heteroatoms. The largest absolute Gasteiger partial charge is 0.350 e. The van der Waals surface area contributed by atoms with Crippen LogP contribution < -0.4 is 5.32 Å². The lowest BCUT2D eigenvalue weighted by molar-refractivity contribution is -0.141. The van der Waals surface area contributed by atoms with E-state index < -0.39 is 34.1 Å². The Morgan fingerprint density at radius 2 is 1.51 bits per heavy atom. The number of benzene rings is 3. The summed E-state index contributed by atoms with van der Waals surface area (Å²) in [5, 5.41) is 3.44. The molecular formula is C30H36ClN3O4S. The zero-order valence-electron chi connectivity index (χ0n) is 23.0. The minimum Gasteiger partial charge on any atom is -0.350 e. The number of halogens is 1. The zero-order chi connectivity index (χ0) is 28.8. The fourth-order valence-electron chi connectivity index (χ4n) is 4.07. The second-order valence-electron chi connectivity index (χ2n) is 10.6. The summed E-state index contributed by atoms with van der Waals surface area (Å²) in [5.41, 5.74) is 1.89. The number of nitrogens with zero attached hydrogens (tertiary/aromatic N) is 2. The van der Waals surface area contributed by atoms with Gasteiger partial charge in [-0.25, -0.2) is 8.42 Å². The topological polar surface area (TPSA) is 86.8 Å². The van der Waals surface area contributed by atoms with Crippen molar-refractivity contribution in [3.63, 3.8) is 0 Å². The van der Waals surface area contributed by atoms with Crippen molar-refractivity contribution < 1.29 is 18.0 Å². The molecule has 2 amide bonds. The maximum absolute atomic E-state index is 13.9. The van der Waals surface area contributed by atoms with Crippen LogP contribution in [0.2, 0.25) is 5.02 Å². The monoisotopic (exact) mass is 569 g/mol. The molecule has 0 fully saturated rings. The van der Waals surface area contributed by atoms with E-state index in [9.17, 15) is 18.0 Å². The third-order valence-electron chi connectivity index (χ3n) is 6.15. The van der Waals surface area contributed by atoms with Crippen LogP contribution in [0, 0.1) is 6.92 Å². The molecule has 0 saturated carbocycles. The second-order valence-corrected chi connectivity index (χ2v) is 13.1. The zero-order valence-corrected chi connectivity index (χ0v) is 24.6. The van der Waals surface area contributed by atoms with Gasteiger partial charge in [-0.1, -0.05) is 77.8 Å². The molecule has 1 atom stereocenters. The van der Waals surface area contributed by atoms with E-state index >= 15 is 0 Å². The summed E-state index contributed by atoms with van der Waals surface area (Å²) in [4.78, 5) is 29.1. The Bertz CT molecular complexity index is 1390. The van der Waals surface area contributed by atoms with Crippen LogP contribution >= 0.6 is 11.6 Å². The van der Waals surface area contributed by atoms with Gasteiger partial charge in [0.1, 0.15) is 6.04 Å². The van der Waals surface area contributed by atoms with E-state index in [0.717, 1.165) is 15.4 Å². The first-order valence-electron chi connectivity index (χ1n) is 12.7. The highest BCUT2D eigenvalue weighted by Gasteiger charge is 2.34. The number of likely N-dealkylation sites (N-methyl/N-ethyl adjacent to an activating group) is 1. The standard InChI is InChI=1S/C30H36ClN3O4S/c1-22-15-17-25(18-16-22)39(37,38)33(5)21-28(35)34(20-24-13-9-10-14-26(24)31)27(29(36)32-30(2,3)4)19-23-11-7-6-8-12-23/h6-18,27H,19-21H2,1-5H3,(H,32,36). The normalized spacial score (nSPS) is 12.7. The van der Waals surface area contributed by atoms with Crippen molar-refractivity contribution in [3.05, 3.63) is 101 Å². The number of carbonyl (C=O) groups is 2.